The van der Waals surface area contributed by atoms with Gasteiger partial charge in [-0.2, -0.15) is 0 Å². The molecule has 7 nitrogen and oxygen atoms in total. The van der Waals surface area contributed by atoms with Crippen molar-refractivity contribution in [3.8, 4) is 5.75 Å². The van der Waals surface area contributed by atoms with Crippen molar-refractivity contribution >= 4 is 28.5 Å². The van der Waals surface area contributed by atoms with Crippen molar-refractivity contribution in [3.05, 3.63) is 90.0 Å². The van der Waals surface area contributed by atoms with Gasteiger partial charge in [-0.15, -0.1) is 0 Å². The summed E-state index contributed by atoms with van der Waals surface area (Å²) in [6.45, 7) is 1.03. The van der Waals surface area contributed by atoms with Crippen molar-refractivity contribution in [2.45, 2.75) is 19.3 Å². The van der Waals surface area contributed by atoms with E-state index >= 15 is 0 Å². The monoisotopic (exact) mass is 486 g/mol. The number of carbonyl (C=O) groups is 2. The number of nitrogens with one attached hydrogen (secondary N) is 2. The van der Waals surface area contributed by atoms with Crippen molar-refractivity contribution in [2.24, 2.45) is 5.92 Å². The summed E-state index contributed by atoms with van der Waals surface area (Å²) in [5.41, 5.74) is 2.77. The van der Waals surface area contributed by atoms with Gasteiger partial charge in [0.1, 0.15) is 17.4 Å². The van der Waals surface area contributed by atoms with E-state index in [2.05, 4.69) is 15.3 Å². The molecule has 0 bridgehead atoms. The minimum absolute atomic E-state index is 0.00995. The Balaban J connectivity index is 1.14. The lowest BCUT2D eigenvalue weighted by Gasteiger charge is -2.31. The van der Waals surface area contributed by atoms with Gasteiger partial charge in [0.05, 0.1) is 11.0 Å². The summed E-state index contributed by atoms with van der Waals surface area (Å²) in [6.07, 6.45) is 1.56. The summed E-state index contributed by atoms with van der Waals surface area (Å²) in [7, 11) is 0. The third-order valence-corrected chi connectivity index (χ3v) is 6.44. The zero-order valence-electron chi connectivity index (χ0n) is 19.7. The number of carbonyl (C=O) groups excluding carboxylic acids is 2. The van der Waals surface area contributed by atoms with Gasteiger partial charge in [-0.3, -0.25) is 9.59 Å². The quantitative estimate of drug-likeness (QED) is 0.401. The van der Waals surface area contributed by atoms with Gasteiger partial charge in [-0.1, -0.05) is 36.4 Å². The molecule has 36 heavy (non-hydrogen) atoms. The van der Waals surface area contributed by atoms with Gasteiger partial charge in [0.25, 0.3) is 5.91 Å². The van der Waals surface area contributed by atoms with Crippen LogP contribution in [-0.4, -0.2) is 46.4 Å². The molecule has 1 aliphatic rings. The van der Waals surface area contributed by atoms with Gasteiger partial charge in [-0.05, 0) is 54.8 Å². The van der Waals surface area contributed by atoms with E-state index in [9.17, 15) is 14.0 Å². The number of halogens is 1. The Morgan fingerprint density at radius 2 is 1.78 bits per heavy atom. The Bertz CT molecular complexity index is 1360. The second-order valence-corrected chi connectivity index (χ2v) is 8.93. The first-order valence-electron chi connectivity index (χ1n) is 12.0. The van der Waals surface area contributed by atoms with Gasteiger partial charge in [0.2, 0.25) is 5.91 Å². The summed E-state index contributed by atoms with van der Waals surface area (Å²) < 4.78 is 19.5. The van der Waals surface area contributed by atoms with Crippen LogP contribution in [0.3, 0.4) is 0 Å². The molecule has 1 aromatic heterocycles. The van der Waals surface area contributed by atoms with Crippen molar-refractivity contribution in [3.63, 3.8) is 0 Å². The number of aromatic amines is 1. The number of amides is 2. The number of aromatic nitrogens is 2. The summed E-state index contributed by atoms with van der Waals surface area (Å²) in [5.74, 6) is 0.753. The molecule has 1 aliphatic heterocycles. The highest BCUT2D eigenvalue weighted by molar-refractivity contribution is 5.94. The molecule has 0 radical (unpaired) electrons. The lowest BCUT2D eigenvalue weighted by molar-refractivity contribution is -0.136. The number of ether oxygens (including phenoxy) is 1. The zero-order chi connectivity index (χ0) is 24.9. The molecular formula is C28H27FN4O3. The number of anilines is 1. The molecule has 184 valence electrons. The van der Waals surface area contributed by atoms with Gasteiger partial charge in [0, 0.05) is 31.1 Å². The highest BCUT2D eigenvalue weighted by Crippen LogP contribution is 2.23. The number of hydrogen-bond acceptors (Lipinski definition) is 4. The number of nitrogens with zero attached hydrogens (tertiary/aromatic N) is 2. The number of piperidine rings is 1. The molecule has 5 rings (SSSR count). The molecule has 3 aromatic carbocycles. The molecule has 0 atom stereocenters. The van der Waals surface area contributed by atoms with Crippen molar-refractivity contribution in [1.29, 1.82) is 0 Å². The van der Waals surface area contributed by atoms with Crippen LogP contribution in [0.5, 0.6) is 5.75 Å². The molecule has 0 aliphatic carbocycles. The van der Waals surface area contributed by atoms with Gasteiger partial charge in [-0.25, -0.2) is 9.37 Å². The van der Waals surface area contributed by atoms with Gasteiger partial charge < -0.3 is 19.9 Å². The van der Waals surface area contributed by atoms with Crippen LogP contribution in [0.2, 0.25) is 0 Å². The molecule has 0 unspecified atom stereocenters. The number of fused-ring (bicyclic) bond motifs is 1. The topological polar surface area (TPSA) is 87.3 Å². The lowest BCUT2D eigenvalue weighted by Crippen LogP contribution is -2.43. The van der Waals surface area contributed by atoms with E-state index in [1.807, 2.05) is 48.5 Å². The fraction of sp³-hybridized carbons (Fsp3) is 0.250. The average Bonchev–Trinajstić information content (AvgIpc) is 3.31. The molecule has 8 heteroatoms. The SMILES string of the molecule is O=C(Nc1ccc2nc(Cc3ccccc3F)[nH]c2c1)C1CCN(C(=O)COc2ccccc2)CC1. The van der Waals surface area contributed by atoms with E-state index in [1.54, 1.807) is 23.1 Å². The highest BCUT2D eigenvalue weighted by atomic mass is 19.1. The summed E-state index contributed by atoms with van der Waals surface area (Å²) in [5, 5.41) is 2.99. The predicted octanol–water partition coefficient (Wildman–Crippen LogP) is 4.55. The average molecular weight is 487 g/mol. The smallest absolute Gasteiger partial charge is 0.260 e. The number of hydrogen-bond donors (Lipinski definition) is 2. The summed E-state index contributed by atoms with van der Waals surface area (Å²) >= 11 is 0. The zero-order valence-corrected chi connectivity index (χ0v) is 19.7. The van der Waals surface area contributed by atoms with E-state index in [1.165, 1.54) is 6.07 Å². The lowest BCUT2D eigenvalue weighted by atomic mass is 9.95. The van der Waals surface area contributed by atoms with Crippen LogP contribution in [0.25, 0.3) is 11.0 Å². The fourth-order valence-electron chi connectivity index (χ4n) is 4.43. The van der Waals surface area contributed by atoms with Crippen LogP contribution >= 0.6 is 0 Å². The van der Waals surface area contributed by atoms with Crippen LogP contribution < -0.4 is 10.1 Å². The first-order chi connectivity index (χ1) is 17.5. The molecule has 1 fully saturated rings. The van der Waals surface area contributed by atoms with Gasteiger partial charge in [0.15, 0.2) is 6.61 Å². The van der Waals surface area contributed by atoms with Gasteiger partial charge >= 0.3 is 0 Å². The van der Waals surface area contributed by atoms with E-state index in [0.29, 0.717) is 55.2 Å². The second-order valence-electron chi connectivity index (χ2n) is 8.93. The van der Waals surface area contributed by atoms with Crippen molar-refractivity contribution in [2.75, 3.05) is 25.0 Å². The minimum atomic E-state index is -0.262. The van der Waals surface area contributed by atoms with Crippen LogP contribution in [0, 0.1) is 11.7 Å². The highest BCUT2D eigenvalue weighted by Gasteiger charge is 2.27. The number of imidazole rings is 1. The maximum atomic E-state index is 14.0. The van der Waals surface area contributed by atoms with E-state index in [0.717, 1.165) is 11.0 Å². The third-order valence-electron chi connectivity index (χ3n) is 6.44. The Morgan fingerprint density at radius 1 is 1.03 bits per heavy atom. The molecule has 2 amide bonds. The minimum Gasteiger partial charge on any atom is -0.484 e. The first kappa shape index (κ1) is 23.5. The normalized spacial score (nSPS) is 14.1. The maximum absolute atomic E-state index is 14.0. The van der Waals surface area contributed by atoms with E-state index in [-0.39, 0.29) is 30.2 Å². The van der Waals surface area contributed by atoms with Crippen molar-refractivity contribution < 1.29 is 18.7 Å². The molecule has 2 N–H and O–H groups in total. The van der Waals surface area contributed by atoms with Crippen LogP contribution in [0.4, 0.5) is 10.1 Å². The van der Waals surface area contributed by atoms with Crippen molar-refractivity contribution in [1.82, 2.24) is 14.9 Å². The molecule has 0 saturated carbocycles. The maximum Gasteiger partial charge on any atom is 0.260 e. The fourth-order valence-corrected chi connectivity index (χ4v) is 4.43. The first-order valence-corrected chi connectivity index (χ1v) is 12.0. The summed E-state index contributed by atoms with van der Waals surface area (Å²) in [6, 6.07) is 21.4. The Hall–Kier alpha value is -4.20. The number of para-hydroxylation sites is 1. The molecule has 0 spiro atoms. The third kappa shape index (κ3) is 5.54. The van der Waals surface area contributed by atoms with Crippen LogP contribution in [-0.2, 0) is 16.0 Å². The van der Waals surface area contributed by atoms with Crippen LogP contribution in [0.15, 0.2) is 72.8 Å². The molecule has 1 saturated heterocycles. The molecule has 4 aromatic rings. The predicted molar refractivity (Wildman–Crippen MR) is 135 cm³/mol. The largest absolute Gasteiger partial charge is 0.484 e. The molecule has 2 heterocycles. The van der Waals surface area contributed by atoms with E-state index < -0.39 is 0 Å². The number of likely N-dealkylation sites (tertiary alicyclic amines) is 1. The van der Waals surface area contributed by atoms with Crippen LogP contribution in [0.1, 0.15) is 24.2 Å². The standard InChI is InChI=1S/C28H27FN4O3/c29-23-9-5-4-6-20(23)16-26-31-24-11-10-21(17-25(24)32-26)30-28(35)19-12-14-33(15-13-19)27(34)18-36-22-7-2-1-3-8-22/h1-11,17,19H,12-16,18H2,(H,30,35)(H,31,32). The summed E-state index contributed by atoms with van der Waals surface area (Å²) in [4.78, 5) is 34.8. The second kappa shape index (κ2) is 10.6. The number of rotatable bonds is 7. The number of benzene rings is 3. The van der Waals surface area contributed by atoms with E-state index in [4.69, 9.17) is 4.74 Å². The Kier molecular flexibility index (Phi) is 6.93. The Labute approximate surface area is 208 Å². The molecular weight excluding hydrogens is 459 g/mol. The number of H-pyrrole nitrogens is 1. The Morgan fingerprint density at radius 3 is 2.56 bits per heavy atom.